The Morgan fingerprint density at radius 1 is 0.921 bits per heavy atom. The highest BCUT2D eigenvalue weighted by molar-refractivity contribution is 5.90. The molecule has 2 saturated carbocycles. The quantitative estimate of drug-likeness (QED) is 0.285. The molecule has 0 aliphatic heterocycles. The predicted molar refractivity (Wildman–Crippen MR) is 146 cm³/mol. The second-order valence-electron chi connectivity index (χ2n) is 11.3. The van der Waals surface area contributed by atoms with E-state index in [4.69, 9.17) is 4.74 Å². The van der Waals surface area contributed by atoms with Crippen LogP contribution < -0.4 is 27.0 Å². The molecule has 4 atom stereocenters. The number of nitrogens with zero attached hydrogens (tertiary/aromatic N) is 1. The van der Waals surface area contributed by atoms with Crippen molar-refractivity contribution in [3.63, 3.8) is 0 Å². The van der Waals surface area contributed by atoms with Gasteiger partial charge in [-0.05, 0) is 42.5 Å². The molecule has 0 spiro atoms. The first-order valence-electron chi connectivity index (χ1n) is 13.5. The van der Waals surface area contributed by atoms with Gasteiger partial charge in [-0.15, -0.1) is 0 Å². The Kier molecular flexibility index (Phi) is 8.96. The molecular formula is C32H39BrN2O3. The van der Waals surface area contributed by atoms with E-state index in [9.17, 15) is 9.90 Å². The molecule has 0 aromatic heterocycles. The van der Waals surface area contributed by atoms with Crippen molar-refractivity contribution in [2.45, 2.75) is 43.4 Å². The summed E-state index contributed by atoms with van der Waals surface area (Å²) in [4.78, 5) is 13.8. The highest BCUT2D eigenvalue weighted by Crippen LogP contribution is 2.49. The molecule has 202 valence electrons. The highest BCUT2D eigenvalue weighted by atomic mass is 79.9. The van der Waals surface area contributed by atoms with Crippen molar-refractivity contribution >= 4 is 5.91 Å². The normalized spacial score (nSPS) is 22.5. The van der Waals surface area contributed by atoms with Crippen LogP contribution in [-0.2, 0) is 10.4 Å². The van der Waals surface area contributed by atoms with Gasteiger partial charge in [-0.1, -0.05) is 78.9 Å². The molecule has 5 rings (SSSR count). The van der Waals surface area contributed by atoms with E-state index < -0.39 is 5.60 Å². The third-order valence-electron chi connectivity index (χ3n) is 8.59. The molecule has 0 heterocycles. The minimum atomic E-state index is -1.72. The molecule has 3 aromatic carbocycles. The fraction of sp³-hybridized carbons (Fsp3) is 0.406. The van der Waals surface area contributed by atoms with Crippen LogP contribution in [0.5, 0.6) is 5.75 Å². The number of hydrogen-bond donors (Lipinski definition) is 2. The van der Waals surface area contributed by atoms with Crippen molar-refractivity contribution in [3.8, 4) is 5.75 Å². The molecule has 2 fully saturated rings. The lowest BCUT2D eigenvalue weighted by Crippen LogP contribution is -3.00. The number of aliphatic hydroxyl groups is 1. The van der Waals surface area contributed by atoms with Gasteiger partial charge >= 0.3 is 0 Å². The maximum Gasteiger partial charge on any atom is 0.261 e. The van der Waals surface area contributed by atoms with Crippen molar-refractivity contribution < 1.29 is 36.1 Å². The first-order chi connectivity index (χ1) is 17.9. The maximum atomic E-state index is 13.8. The lowest BCUT2D eigenvalue weighted by molar-refractivity contribution is -0.919. The Balaban J connectivity index is 0.00000336. The molecule has 0 saturated heterocycles. The number of carbonyl (C=O) groups is 1. The van der Waals surface area contributed by atoms with E-state index in [0.717, 1.165) is 36.0 Å². The van der Waals surface area contributed by atoms with Crippen LogP contribution >= 0.6 is 0 Å². The summed E-state index contributed by atoms with van der Waals surface area (Å²) >= 11 is 0. The maximum absolute atomic E-state index is 13.8. The number of para-hydroxylation sites is 1. The number of fused-ring (bicyclic) bond motifs is 2. The number of amides is 1. The minimum Gasteiger partial charge on any atom is -1.00 e. The number of benzene rings is 3. The summed E-state index contributed by atoms with van der Waals surface area (Å²) < 4.78 is 6.87. The van der Waals surface area contributed by atoms with E-state index in [1.807, 2.05) is 91.0 Å². The van der Waals surface area contributed by atoms with Crippen LogP contribution in [0.25, 0.3) is 0 Å². The monoisotopic (exact) mass is 578 g/mol. The zero-order valence-corrected chi connectivity index (χ0v) is 23.9. The van der Waals surface area contributed by atoms with Gasteiger partial charge in [0.2, 0.25) is 0 Å². The number of halogens is 1. The topological polar surface area (TPSA) is 58.6 Å². The summed E-state index contributed by atoms with van der Waals surface area (Å²) in [6, 6.07) is 29.1. The van der Waals surface area contributed by atoms with Gasteiger partial charge in [0.15, 0.2) is 5.60 Å². The van der Waals surface area contributed by atoms with Crippen LogP contribution in [0.3, 0.4) is 0 Å². The molecule has 3 aromatic rings. The SMILES string of the molecule is C[N+](C)(CCCOc1ccccc1)C1C2CC[C@@H]1[C@H](NC(=O)C(O)(c1ccccc1)c1ccccc1)C2.[Br-]. The van der Waals surface area contributed by atoms with Crippen molar-refractivity contribution in [2.24, 2.45) is 11.8 Å². The Hall–Kier alpha value is -2.67. The first kappa shape index (κ1) is 28.3. The fourth-order valence-electron chi connectivity index (χ4n) is 6.94. The summed E-state index contributed by atoms with van der Waals surface area (Å²) in [5, 5.41) is 15.2. The van der Waals surface area contributed by atoms with Crippen LogP contribution in [0, 0.1) is 11.8 Å². The summed E-state index contributed by atoms with van der Waals surface area (Å²) in [5.41, 5.74) is -0.542. The zero-order valence-electron chi connectivity index (χ0n) is 22.3. The highest BCUT2D eigenvalue weighted by Gasteiger charge is 2.56. The molecule has 0 radical (unpaired) electrons. The van der Waals surface area contributed by atoms with Crippen molar-refractivity contribution in [1.82, 2.24) is 5.32 Å². The van der Waals surface area contributed by atoms with E-state index in [-0.39, 0.29) is 28.9 Å². The smallest absolute Gasteiger partial charge is 0.261 e. The summed E-state index contributed by atoms with van der Waals surface area (Å²) in [6.07, 6.45) is 4.29. The average molecular weight is 580 g/mol. The standard InChI is InChI=1S/C32H38N2O3.BrH/c1-34(2,21-12-22-37-27-17-10-5-11-18-27)30-24-19-20-28(30)29(23-24)33-31(35)32(36,25-13-6-3-7-14-25)26-15-8-4-9-16-26;/h3-11,13-18,24,28-30,36H,12,19-23H2,1-2H3;1H/t24?,28-,29-,30?;/m1./s1. The van der Waals surface area contributed by atoms with Crippen molar-refractivity contribution in [2.75, 3.05) is 27.2 Å². The Labute approximate surface area is 237 Å². The molecule has 38 heavy (non-hydrogen) atoms. The van der Waals surface area contributed by atoms with E-state index in [2.05, 4.69) is 19.4 Å². The molecule has 5 nitrogen and oxygen atoms in total. The number of nitrogens with one attached hydrogen (secondary N) is 1. The van der Waals surface area contributed by atoms with Gasteiger partial charge in [0, 0.05) is 24.3 Å². The fourth-order valence-corrected chi connectivity index (χ4v) is 6.94. The molecule has 2 aliphatic carbocycles. The van der Waals surface area contributed by atoms with Gasteiger partial charge in [0.05, 0.1) is 33.3 Å². The van der Waals surface area contributed by atoms with Crippen LogP contribution in [0.4, 0.5) is 0 Å². The predicted octanol–water partition coefficient (Wildman–Crippen LogP) is 1.76. The number of ether oxygens (including phenoxy) is 1. The molecule has 2 unspecified atom stereocenters. The van der Waals surface area contributed by atoms with Crippen LogP contribution in [0.15, 0.2) is 91.0 Å². The molecular weight excluding hydrogens is 540 g/mol. The van der Waals surface area contributed by atoms with E-state index in [1.165, 1.54) is 6.42 Å². The van der Waals surface area contributed by atoms with E-state index >= 15 is 0 Å². The van der Waals surface area contributed by atoms with Crippen LogP contribution in [-0.4, -0.2) is 54.8 Å². The van der Waals surface area contributed by atoms with Gasteiger partial charge in [-0.3, -0.25) is 4.79 Å². The second-order valence-corrected chi connectivity index (χ2v) is 11.3. The largest absolute Gasteiger partial charge is 1.00 e. The Morgan fingerprint density at radius 2 is 1.47 bits per heavy atom. The van der Waals surface area contributed by atoms with Crippen LogP contribution in [0.2, 0.25) is 0 Å². The average Bonchev–Trinajstić information content (AvgIpc) is 3.51. The number of quaternary nitrogens is 1. The van der Waals surface area contributed by atoms with Crippen molar-refractivity contribution in [1.29, 1.82) is 0 Å². The second kappa shape index (κ2) is 12.0. The van der Waals surface area contributed by atoms with Gasteiger partial charge in [-0.25, -0.2) is 0 Å². The Morgan fingerprint density at radius 3 is 2.05 bits per heavy atom. The summed E-state index contributed by atoms with van der Waals surface area (Å²) in [5.74, 6) is 1.58. The molecule has 1 amide bonds. The van der Waals surface area contributed by atoms with E-state index in [1.54, 1.807) is 0 Å². The first-order valence-corrected chi connectivity index (χ1v) is 13.5. The summed E-state index contributed by atoms with van der Waals surface area (Å²) in [7, 11) is 4.65. The van der Waals surface area contributed by atoms with Gasteiger partial charge < -0.3 is 36.6 Å². The molecule has 2 aliphatic rings. The lowest BCUT2D eigenvalue weighted by atomic mass is 9.84. The summed E-state index contributed by atoms with van der Waals surface area (Å²) in [6.45, 7) is 1.73. The molecule has 6 heteroatoms. The van der Waals surface area contributed by atoms with E-state index in [0.29, 0.717) is 35.6 Å². The van der Waals surface area contributed by atoms with Crippen LogP contribution in [0.1, 0.15) is 36.8 Å². The molecule has 2 N–H and O–H groups in total. The van der Waals surface area contributed by atoms with Gasteiger partial charge in [0.25, 0.3) is 5.91 Å². The lowest BCUT2D eigenvalue weighted by Gasteiger charge is -2.39. The third kappa shape index (κ3) is 5.68. The zero-order chi connectivity index (χ0) is 25.9. The minimum absolute atomic E-state index is 0. The van der Waals surface area contributed by atoms with Gasteiger partial charge in [0.1, 0.15) is 5.75 Å². The number of hydrogen-bond acceptors (Lipinski definition) is 3. The number of rotatable bonds is 10. The third-order valence-corrected chi connectivity index (χ3v) is 8.59. The Bertz CT molecular complexity index is 1130. The number of carbonyl (C=O) groups excluding carboxylic acids is 1. The molecule has 2 bridgehead atoms. The van der Waals surface area contributed by atoms with Crippen molar-refractivity contribution in [3.05, 3.63) is 102 Å². The van der Waals surface area contributed by atoms with Gasteiger partial charge in [-0.2, -0.15) is 0 Å².